The average molecular weight is 198 g/mol. The smallest absolute Gasteiger partial charge is 0.277 e. The molecule has 0 amide bonds. The van der Waals surface area contributed by atoms with Crippen molar-refractivity contribution >= 4 is 5.69 Å². The molecule has 0 aliphatic heterocycles. The molecule has 6 heteroatoms. The monoisotopic (exact) mass is 198 g/mol. The highest BCUT2D eigenvalue weighted by molar-refractivity contribution is 5.45. The van der Waals surface area contributed by atoms with Crippen molar-refractivity contribution in [2.45, 2.75) is 6.54 Å². The van der Waals surface area contributed by atoms with Crippen LogP contribution < -0.4 is 10.2 Å². The van der Waals surface area contributed by atoms with Gasteiger partial charge in [-0.3, -0.25) is 10.1 Å². The number of nitrogens with one attached hydrogen (secondary N) is 1. The minimum atomic E-state index is -0.519. The molecule has 0 unspecified atom stereocenters. The summed E-state index contributed by atoms with van der Waals surface area (Å²) >= 11 is 0. The summed E-state index contributed by atoms with van der Waals surface area (Å²) in [5.41, 5.74) is 2.19. The summed E-state index contributed by atoms with van der Waals surface area (Å²) in [6.45, 7) is 0.0281. The second-order valence-electron chi connectivity index (χ2n) is 2.59. The van der Waals surface area contributed by atoms with Gasteiger partial charge in [-0.1, -0.05) is 0 Å². The van der Waals surface area contributed by atoms with Crippen molar-refractivity contribution in [2.24, 2.45) is 0 Å². The van der Waals surface area contributed by atoms with E-state index in [9.17, 15) is 10.1 Å². The Morgan fingerprint density at radius 1 is 1.64 bits per heavy atom. The van der Waals surface area contributed by atoms with Crippen LogP contribution in [-0.4, -0.2) is 17.2 Å². The number of hydrogen-bond donors (Lipinski definition) is 2. The first kappa shape index (κ1) is 10.4. The molecule has 1 aromatic carbocycles. The van der Waals surface area contributed by atoms with E-state index in [2.05, 4.69) is 0 Å². The Hall–Kier alpha value is -1.66. The van der Waals surface area contributed by atoms with Gasteiger partial charge in [0.25, 0.3) is 5.69 Å². The van der Waals surface area contributed by atoms with Crippen LogP contribution in [0.15, 0.2) is 18.2 Å². The highest BCUT2D eigenvalue weighted by Crippen LogP contribution is 2.24. The number of benzene rings is 1. The standard InChI is InChI=1S/C8H10N2O4/c1-14-7-3-2-6(5-9-11)8(4-7)10(12)13/h2-4,9,11H,5H2,1H3. The SMILES string of the molecule is COc1ccc(CNO)c([N+](=O)[O-])c1. The van der Waals surface area contributed by atoms with Crippen LogP contribution in [0.2, 0.25) is 0 Å². The fourth-order valence-corrected chi connectivity index (χ4v) is 1.08. The van der Waals surface area contributed by atoms with Crippen LogP contribution >= 0.6 is 0 Å². The Balaban J connectivity index is 3.10. The number of methoxy groups -OCH3 is 1. The van der Waals surface area contributed by atoms with Gasteiger partial charge in [0.2, 0.25) is 0 Å². The Morgan fingerprint density at radius 2 is 2.36 bits per heavy atom. The van der Waals surface area contributed by atoms with Gasteiger partial charge in [0.1, 0.15) is 5.75 Å². The zero-order valence-electron chi connectivity index (χ0n) is 7.56. The summed E-state index contributed by atoms with van der Waals surface area (Å²) in [5.74, 6) is 0.415. The molecule has 1 aromatic rings. The molecule has 0 heterocycles. The summed E-state index contributed by atoms with van der Waals surface area (Å²) in [5, 5.41) is 19.1. The highest BCUT2D eigenvalue weighted by atomic mass is 16.6. The molecular weight excluding hydrogens is 188 g/mol. The number of nitro benzene ring substituents is 1. The van der Waals surface area contributed by atoms with Crippen molar-refractivity contribution < 1.29 is 14.9 Å². The lowest BCUT2D eigenvalue weighted by Crippen LogP contribution is -2.08. The van der Waals surface area contributed by atoms with E-state index in [1.807, 2.05) is 5.48 Å². The van der Waals surface area contributed by atoms with Crippen LogP contribution in [0.3, 0.4) is 0 Å². The third-order valence-corrected chi connectivity index (χ3v) is 1.76. The molecule has 0 saturated heterocycles. The lowest BCUT2D eigenvalue weighted by molar-refractivity contribution is -0.385. The first-order chi connectivity index (χ1) is 6.69. The van der Waals surface area contributed by atoms with Gasteiger partial charge in [-0.15, -0.1) is 0 Å². The van der Waals surface area contributed by atoms with E-state index >= 15 is 0 Å². The van der Waals surface area contributed by atoms with Crippen molar-refractivity contribution in [2.75, 3.05) is 7.11 Å². The van der Waals surface area contributed by atoms with Crippen LogP contribution in [-0.2, 0) is 6.54 Å². The maximum atomic E-state index is 10.6. The van der Waals surface area contributed by atoms with E-state index in [1.165, 1.54) is 19.2 Å². The zero-order valence-corrected chi connectivity index (χ0v) is 7.56. The van der Waals surface area contributed by atoms with E-state index in [1.54, 1.807) is 6.07 Å². The molecule has 2 N–H and O–H groups in total. The molecule has 76 valence electrons. The third-order valence-electron chi connectivity index (χ3n) is 1.76. The molecule has 14 heavy (non-hydrogen) atoms. The first-order valence-electron chi connectivity index (χ1n) is 3.87. The molecule has 0 radical (unpaired) electrons. The minimum absolute atomic E-state index is 0.0281. The topological polar surface area (TPSA) is 84.6 Å². The zero-order chi connectivity index (χ0) is 10.6. The summed E-state index contributed by atoms with van der Waals surface area (Å²) < 4.78 is 4.85. The predicted octanol–water partition coefficient (Wildman–Crippen LogP) is 1.08. The van der Waals surface area contributed by atoms with Gasteiger partial charge >= 0.3 is 0 Å². The second-order valence-corrected chi connectivity index (χ2v) is 2.59. The summed E-state index contributed by atoms with van der Waals surface area (Å²) in [4.78, 5) is 10.1. The Kier molecular flexibility index (Phi) is 3.38. The van der Waals surface area contributed by atoms with Crippen LogP contribution in [0.1, 0.15) is 5.56 Å². The number of rotatable bonds is 4. The molecule has 0 aliphatic rings. The molecule has 0 atom stereocenters. The van der Waals surface area contributed by atoms with Gasteiger partial charge in [0.05, 0.1) is 24.6 Å². The van der Waals surface area contributed by atoms with Crippen molar-refractivity contribution in [1.82, 2.24) is 5.48 Å². The Morgan fingerprint density at radius 3 is 2.86 bits per heavy atom. The van der Waals surface area contributed by atoms with Gasteiger partial charge in [-0.2, -0.15) is 0 Å². The number of ether oxygens (including phenoxy) is 1. The second kappa shape index (κ2) is 4.54. The highest BCUT2D eigenvalue weighted by Gasteiger charge is 2.14. The maximum Gasteiger partial charge on any atom is 0.277 e. The van der Waals surface area contributed by atoms with Crippen molar-refractivity contribution in [3.05, 3.63) is 33.9 Å². The molecule has 0 fully saturated rings. The lowest BCUT2D eigenvalue weighted by atomic mass is 10.2. The van der Waals surface area contributed by atoms with Crippen molar-refractivity contribution in [3.63, 3.8) is 0 Å². The van der Waals surface area contributed by atoms with Gasteiger partial charge in [0.15, 0.2) is 0 Å². The van der Waals surface area contributed by atoms with Crippen LogP contribution in [0.4, 0.5) is 5.69 Å². The lowest BCUT2D eigenvalue weighted by Gasteiger charge is -2.03. The molecule has 0 bridgehead atoms. The van der Waals surface area contributed by atoms with E-state index in [4.69, 9.17) is 9.94 Å². The van der Waals surface area contributed by atoms with Crippen LogP contribution in [0.5, 0.6) is 5.75 Å². The number of nitro groups is 1. The summed E-state index contributed by atoms with van der Waals surface area (Å²) in [6.07, 6.45) is 0. The first-order valence-corrected chi connectivity index (χ1v) is 3.87. The van der Waals surface area contributed by atoms with Gasteiger partial charge in [-0.05, 0) is 12.1 Å². The summed E-state index contributed by atoms with van der Waals surface area (Å²) in [6, 6.07) is 4.44. The largest absolute Gasteiger partial charge is 0.497 e. The Bertz CT molecular complexity index is 340. The van der Waals surface area contributed by atoms with Crippen molar-refractivity contribution in [3.8, 4) is 5.75 Å². The van der Waals surface area contributed by atoms with Crippen LogP contribution in [0.25, 0.3) is 0 Å². The number of hydrogen-bond acceptors (Lipinski definition) is 5. The molecule has 0 saturated carbocycles. The average Bonchev–Trinajstić information content (AvgIpc) is 2.18. The molecular formula is C8H10N2O4. The van der Waals surface area contributed by atoms with Gasteiger partial charge < -0.3 is 9.94 Å². The fraction of sp³-hybridized carbons (Fsp3) is 0.250. The molecule has 0 aliphatic carbocycles. The molecule has 0 aromatic heterocycles. The van der Waals surface area contributed by atoms with E-state index in [-0.39, 0.29) is 12.2 Å². The fourth-order valence-electron chi connectivity index (χ4n) is 1.08. The van der Waals surface area contributed by atoms with Crippen LogP contribution in [0, 0.1) is 10.1 Å². The minimum Gasteiger partial charge on any atom is -0.497 e. The molecule has 1 rings (SSSR count). The summed E-state index contributed by atoms with van der Waals surface area (Å²) in [7, 11) is 1.43. The quantitative estimate of drug-likeness (QED) is 0.558. The van der Waals surface area contributed by atoms with E-state index in [0.717, 1.165) is 0 Å². The Labute approximate surface area is 80.2 Å². The van der Waals surface area contributed by atoms with Gasteiger partial charge in [-0.25, -0.2) is 5.48 Å². The third kappa shape index (κ3) is 2.18. The van der Waals surface area contributed by atoms with E-state index < -0.39 is 4.92 Å². The molecule has 6 nitrogen and oxygen atoms in total. The van der Waals surface area contributed by atoms with E-state index in [0.29, 0.717) is 11.3 Å². The predicted molar refractivity (Wildman–Crippen MR) is 48.3 cm³/mol. The number of nitrogens with zero attached hydrogens (tertiary/aromatic N) is 1. The van der Waals surface area contributed by atoms with Crippen molar-refractivity contribution in [1.29, 1.82) is 0 Å². The van der Waals surface area contributed by atoms with Gasteiger partial charge in [0, 0.05) is 5.56 Å². The maximum absolute atomic E-state index is 10.6. The number of hydroxylamine groups is 1. The normalized spacial score (nSPS) is 9.86. The molecule has 0 spiro atoms.